The van der Waals surface area contributed by atoms with Crippen LogP contribution in [0.4, 0.5) is 0 Å². The zero-order chi connectivity index (χ0) is 16.8. The van der Waals surface area contributed by atoms with Gasteiger partial charge in [-0.25, -0.2) is 4.68 Å². The number of carbonyl (C=O) groups excluding carboxylic acids is 1. The second-order valence-electron chi connectivity index (χ2n) is 6.02. The Hall–Kier alpha value is -2.18. The van der Waals surface area contributed by atoms with Crippen LogP contribution < -0.4 is 5.32 Å². The fourth-order valence-electron chi connectivity index (χ4n) is 2.92. The predicted octanol–water partition coefficient (Wildman–Crippen LogP) is 2.47. The fraction of sp³-hybridized carbons (Fsp3) is 0.444. The summed E-state index contributed by atoms with van der Waals surface area (Å²) in [6.07, 6.45) is 6.33. The zero-order valence-electron chi connectivity index (χ0n) is 14.0. The molecule has 1 fully saturated rings. The summed E-state index contributed by atoms with van der Waals surface area (Å²) in [6.45, 7) is 4.30. The van der Waals surface area contributed by atoms with E-state index in [2.05, 4.69) is 10.4 Å². The fourth-order valence-corrected chi connectivity index (χ4v) is 2.92. The van der Waals surface area contributed by atoms with Crippen molar-refractivity contribution in [3.63, 3.8) is 0 Å². The Morgan fingerprint density at radius 1 is 1.33 bits per heavy atom. The zero-order valence-corrected chi connectivity index (χ0v) is 14.0. The first kappa shape index (κ1) is 16.7. The molecule has 0 bridgehead atoms. The van der Waals surface area contributed by atoms with E-state index in [0.717, 1.165) is 37.2 Å². The van der Waals surface area contributed by atoms with Crippen LogP contribution in [0, 0.1) is 0 Å². The molecule has 128 valence electrons. The van der Waals surface area contributed by atoms with Crippen LogP contribution in [0.1, 0.15) is 37.8 Å². The highest BCUT2D eigenvalue weighted by atomic mass is 16.7. The SMILES string of the molecule is CC(NC(=O)CCN1CCCCO1)c1ccccc1-n1cccn1. The molecule has 1 aromatic heterocycles. The number of para-hydroxylation sites is 1. The monoisotopic (exact) mass is 328 g/mol. The van der Waals surface area contributed by atoms with E-state index in [-0.39, 0.29) is 11.9 Å². The topological polar surface area (TPSA) is 59.4 Å². The molecule has 6 nitrogen and oxygen atoms in total. The van der Waals surface area contributed by atoms with Gasteiger partial charge in [-0.05, 0) is 37.5 Å². The second kappa shape index (κ2) is 8.08. The van der Waals surface area contributed by atoms with E-state index >= 15 is 0 Å². The lowest BCUT2D eigenvalue weighted by atomic mass is 10.1. The van der Waals surface area contributed by atoms with Crippen molar-refractivity contribution in [3.05, 3.63) is 48.3 Å². The van der Waals surface area contributed by atoms with Crippen molar-refractivity contribution >= 4 is 5.91 Å². The Balaban J connectivity index is 1.58. The highest BCUT2D eigenvalue weighted by Gasteiger charge is 2.16. The number of hydroxylamine groups is 2. The molecule has 1 N–H and O–H groups in total. The number of hydrogen-bond acceptors (Lipinski definition) is 4. The van der Waals surface area contributed by atoms with Crippen LogP contribution in [-0.2, 0) is 9.63 Å². The smallest absolute Gasteiger partial charge is 0.221 e. The lowest BCUT2D eigenvalue weighted by Gasteiger charge is -2.26. The van der Waals surface area contributed by atoms with E-state index in [1.165, 1.54) is 0 Å². The van der Waals surface area contributed by atoms with Gasteiger partial charge in [0.25, 0.3) is 0 Å². The normalized spacial score (nSPS) is 16.7. The largest absolute Gasteiger partial charge is 0.349 e. The van der Waals surface area contributed by atoms with E-state index in [0.29, 0.717) is 13.0 Å². The number of carbonyl (C=O) groups is 1. The maximum absolute atomic E-state index is 12.3. The predicted molar refractivity (Wildman–Crippen MR) is 91.5 cm³/mol. The van der Waals surface area contributed by atoms with Gasteiger partial charge in [0.2, 0.25) is 5.91 Å². The van der Waals surface area contributed by atoms with E-state index in [4.69, 9.17) is 4.84 Å². The number of hydrogen-bond donors (Lipinski definition) is 1. The number of rotatable bonds is 6. The molecule has 3 rings (SSSR count). The van der Waals surface area contributed by atoms with Crippen molar-refractivity contribution in [2.45, 2.75) is 32.2 Å². The van der Waals surface area contributed by atoms with Crippen LogP contribution in [-0.4, -0.2) is 40.4 Å². The number of amides is 1. The highest BCUT2D eigenvalue weighted by molar-refractivity contribution is 5.76. The van der Waals surface area contributed by atoms with Crippen LogP contribution in [0.2, 0.25) is 0 Å². The van der Waals surface area contributed by atoms with Gasteiger partial charge in [-0.3, -0.25) is 9.63 Å². The third kappa shape index (κ3) is 4.21. The molecular formula is C18H24N4O2. The second-order valence-corrected chi connectivity index (χ2v) is 6.02. The van der Waals surface area contributed by atoms with Gasteiger partial charge >= 0.3 is 0 Å². The van der Waals surface area contributed by atoms with Gasteiger partial charge < -0.3 is 5.32 Å². The van der Waals surface area contributed by atoms with Gasteiger partial charge in [0.1, 0.15) is 0 Å². The van der Waals surface area contributed by atoms with Crippen molar-refractivity contribution in [2.75, 3.05) is 19.7 Å². The quantitative estimate of drug-likeness (QED) is 0.885. The van der Waals surface area contributed by atoms with Crippen LogP contribution in [0.5, 0.6) is 0 Å². The van der Waals surface area contributed by atoms with Gasteiger partial charge in [0, 0.05) is 31.9 Å². The molecule has 1 amide bonds. The molecule has 1 aliphatic rings. The summed E-state index contributed by atoms with van der Waals surface area (Å²) in [7, 11) is 0. The summed E-state index contributed by atoms with van der Waals surface area (Å²) in [5, 5.41) is 9.26. The Kier molecular flexibility index (Phi) is 5.61. The summed E-state index contributed by atoms with van der Waals surface area (Å²) < 4.78 is 1.82. The van der Waals surface area contributed by atoms with Gasteiger partial charge in [0.05, 0.1) is 18.3 Å². The molecule has 24 heavy (non-hydrogen) atoms. The lowest BCUT2D eigenvalue weighted by molar-refractivity contribution is -0.181. The molecule has 1 aromatic carbocycles. The summed E-state index contributed by atoms with van der Waals surface area (Å²) in [5.41, 5.74) is 2.03. The van der Waals surface area contributed by atoms with Crippen molar-refractivity contribution < 1.29 is 9.63 Å². The number of nitrogens with zero attached hydrogens (tertiary/aromatic N) is 3. The minimum absolute atomic E-state index is 0.0342. The minimum atomic E-state index is -0.0832. The average Bonchev–Trinajstić information content (AvgIpc) is 3.15. The molecule has 0 aliphatic carbocycles. The number of nitrogens with one attached hydrogen (secondary N) is 1. The van der Waals surface area contributed by atoms with Gasteiger partial charge in [0.15, 0.2) is 0 Å². The molecule has 1 saturated heterocycles. The van der Waals surface area contributed by atoms with E-state index < -0.39 is 0 Å². The van der Waals surface area contributed by atoms with Crippen molar-refractivity contribution in [3.8, 4) is 5.69 Å². The maximum atomic E-state index is 12.3. The molecule has 0 saturated carbocycles. The third-order valence-corrected chi connectivity index (χ3v) is 4.20. The van der Waals surface area contributed by atoms with Crippen LogP contribution in [0.15, 0.2) is 42.7 Å². The van der Waals surface area contributed by atoms with Crippen LogP contribution >= 0.6 is 0 Å². The first-order valence-electron chi connectivity index (χ1n) is 8.50. The van der Waals surface area contributed by atoms with Gasteiger partial charge in [-0.1, -0.05) is 18.2 Å². The molecule has 6 heteroatoms. The Morgan fingerprint density at radius 2 is 2.21 bits per heavy atom. The molecule has 0 spiro atoms. The third-order valence-electron chi connectivity index (χ3n) is 4.20. The molecule has 1 aliphatic heterocycles. The highest BCUT2D eigenvalue weighted by Crippen LogP contribution is 2.21. The summed E-state index contributed by atoms with van der Waals surface area (Å²) in [6, 6.07) is 9.79. The first-order chi connectivity index (χ1) is 11.7. The number of aromatic nitrogens is 2. The number of benzene rings is 1. The average molecular weight is 328 g/mol. The van der Waals surface area contributed by atoms with E-state index in [1.54, 1.807) is 6.20 Å². The molecule has 2 heterocycles. The summed E-state index contributed by atoms with van der Waals surface area (Å²) >= 11 is 0. The van der Waals surface area contributed by atoms with Crippen molar-refractivity contribution in [1.82, 2.24) is 20.2 Å². The maximum Gasteiger partial charge on any atom is 0.221 e. The van der Waals surface area contributed by atoms with Crippen molar-refractivity contribution in [1.29, 1.82) is 0 Å². The van der Waals surface area contributed by atoms with E-state index in [1.807, 2.05) is 53.2 Å². The van der Waals surface area contributed by atoms with Crippen molar-refractivity contribution in [2.24, 2.45) is 0 Å². The Labute approximate surface area is 142 Å². The Morgan fingerprint density at radius 3 is 2.96 bits per heavy atom. The first-order valence-corrected chi connectivity index (χ1v) is 8.50. The summed E-state index contributed by atoms with van der Waals surface area (Å²) in [4.78, 5) is 17.8. The molecule has 1 atom stereocenters. The lowest BCUT2D eigenvalue weighted by Crippen LogP contribution is -2.35. The summed E-state index contributed by atoms with van der Waals surface area (Å²) in [5.74, 6) is 0.0342. The molecule has 2 aromatic rings. The van der Waals surface area contributed by atoms with Crippen LogP contribution in [0.3, 0.4) is 0 Å². The van der Waals surface area contributed by atoms with E-state index in [9.17, 15) is 4.79 Å². The Bertz CT molecular complexity index is 651. The molecular weight excluding hydrogens is 304 g/mol. The molecule has 0 radical (unpaired) electrons. The standard InChI is InChI=1S/C18H24N4O2/c1-15(20-18(23)9-13-21-11-4-5-14-24-21)16-7-2-3-8-17(16)22-12-6-10-19-22/h2-3,6-8,10,12,15H,4-5,9,11,13-14H2,1H3,(H,20,23). The molecule has 1 unspecified atom stereocenters. The van der Waals surface area contributed by atoms with Crippen LogP contribution in [0.25, 0.3) is 5.69 Å². The van der Waals surface area contributed by atoms with Gasteiger partial charge in [-0.15, -0.1) is 0 Å². The van der Waals surface area contributed by atoms with Gasteiger partial charge in [-0.2, -0.15) is 10.2 Å². The minimum Gasteiger partial charge on any atom is -0.349 e.